The van der Waals surface area contributed by atoms with Crippen LogP contribution in [0.2, 0.25) is 0 Å². The van der Waals surface area contributed by atoms with Gasteiger partial charge in [0.25, 0.3) is 0 Å². The number of benzene rings is 1. The van der Waals surface area contributed by atoms with Crippen LogP contribution < -0.4 is 5.73 Å². The summed E-state index contributed by atoms with van der Waals surface area (Å²) in [6.07, 6.45) is 2.64. The lowest BCUT2D eigenvalue weighted by Crippen LogP contribution is -2.36. The lowest BCUT2D eigenvalue weighted by molar-refractivity contribution is 0.209. The van der Waals surface area contributed by atoms with Crippen LogP contribution in [0.4, 0.5) is 4.39 Å². The van der Waals surface area contributed by atoms with Gasteiger partial charge in [-0.3, -0.25) is 4.90 Å². The molecule has 0 bridgehead atoms. The molecular weight excluding hydrogens is 253 g/mol. The highest BCUT2D eigenvalue weighted by Crippen LogP contribution is 2.21. The molecule has 1 saturated heterocycles. The van der Waals surface area contributed by atoms with Crippen LogP contribution in [0.15, 0.2) is 18.2 Å². The van der Waals surface area contributed by atoms with Gasteiger partial charge in [0.05, 0.1) is 0 Å². The zero-order chi connectivity index (χ0) is 14.5. The molecule has 112 valence electrons. The largest absolute Gasteiger partial charge is 0.329 e. The van der Waals surface area contributed by atoms with Crippen LogP contribution >= 0.6 is 0 Å². The molecule has 2 N–H and O–H groups in total. The molecule has 1 fully saturated rings. The summed E-state index contributed by atoms with van der Waals surface area (Å²) < 4.78 is 13.4. The first-order chi connectivity index (χ1) is 9.61. The van der Waals surface area contributed by atoms with Crippen molar-refractivity contribution in [3.8, 4) is 0 Å². The molecule has 0 radical (unpaired) electrons. The van der Waals surface area contributed by atoms with Gasteiger partial charge in [-0.15, -0.1) is 0 Å². The van der Waals surface area contributed by atoms with Crippen molar-refractivity contribution >= 4 is 0 Å². The van der Waals surface area contributed by atoms with Crippen LogP contribution in [0.1, 0.15) is 30.0 Å². The molecule has 1 aromatic carbocycles. The summed E-state index contributed by atoms with van der Waals surface area (Å²) >= 11 is 0. The molecule has 0 amide bonds. The Bertz CT molecular complexity index is 430. The van der Waals surface area contributed by atoms with Crippen LogP contribution in [0.5, 0.6) is 0 Å². The van der Waals surface area contributed by atoms with E-state index in [0.717, 1.165) is 18.7 Å². The van der Waals surface area contributed by atoms with Gasteiger partial charge in [-0.1, -0.05) is 12.1 Å². The second-order valence-electron chi connectivity index (χ2n) is 5.79. The lowest BCUT2D eigenvalue weighted by Gasteiger charge is -2.29. The Kier molecular flexibility index (Phi) is 5.52. The van der Waals surface area contributed by atoms with Gasteiger partial charge in [0.15, 0.2) is 0 Å². The highest BCUT2D eigenvalue weighted by molar-refractivity contribution is 5.26. The van der Waals surface area contributed by atoms with Crippen molar-refractivity contribution < 1.29 is 4.39 Å². The van der Waals surface area contributed by atoms with E-state index in [2.05, 4.69) is 16.8 Å². The molecule has 0 saturated carbocycles. The standard InChI is InChI=1S/C16H26FN3/c1-13-11-14(5-6-15(13)17)16(12-18)19(2)9-10-20-7-3-4-8-20/h5-6,11,16H,3-4,7-10,12,18H2,1-2H3. The Morgan fingerprint density at radius 3 is 2.65 bits per heavy atom. The highest BCUT2D eigenvalue weighted by atomic mass is 19.1. The van der Waals surface area contributed by atoms with Gasteiger partial charge >= 0.3 is 0 Å². The second-order valence-corrected chi connectivity index (χ2v) is 5.79. The zero-order valence-electron chi connectivity index (χ0n) is 12.6. The fourth-order valence-electron chi connectivity index (χ4n) is 2.91. The Morgan fingerprint density at radius 1 is 1.35 bits per heavy atom. The number of nitrogens with two attached hydrogens (primary N) is 1. The third-order valence-corrected chi connectivity index (χ3v) is 4.29. The van der Waals surface area contributed by atoms with Crippen LogP contribution in [-0.4, -0.2) is 49.6 Å². The smallest absolute Gasteiger partial charge is 0.126 e. The first-order valence-corrected chi connectivity index (χ1v) is 7.50. The minimum atomic E-state index is -0.149. The molecule has 0 spiro atoms. The van der Waals surface area contributed by atoms with Gasteiger partial charge in [-0.05, 0) is 57.1 Å². The van der Waals surface area contributed by atoms with Crippen molar-refractivity contribution in [2.45, 2.75) is 25.8 Å². The topological polar surface area (TPSA) is 32.5 Å². The average molecular weight is 279 g/mol. The summed E-state index contributed by atoms with van der Waals surface area (Å²) in [6.45, 7) is 6.89. The molecule has 1 unspecified atom stereocenters. The van der Waals surface area contributed by atoms with E-state index in [1.807, 2.05) is 12.1 Å². The number of hydrogen-bond acceptors (Lipinski definition) is 3. The molecular formula is C16H26FN3. The van der Waals surface area contributed by atoms with E-state index >= 15 is 0 Å². The minimum absolute atomic E-state index is 0.149. The van der Waals surface area contributed by atoms with Crippen molar-refractivity contribution in [2.24, 2.45) is 5.73 Å². The van der Waals surface area contributed by atoms with E-state index in [1.165, 1.54) is 25.9 Å². The van der Waals surface area contributed by atoms with Crippen LogP contribution in [0.25, 0.3) is 0 Å². The van der Waals surface area contributed by atoms with Crippen molar-refractivity contribution in [2.75, 3.05) is 39.8 Å². The molecule has 1 aliphatic rings. The van der Waals surface area contributed by atoms with Crippen LogP contribution in [-0.2, 0) is 0 Å². The van der Waals surface area contributed by atoms with Crippen LogP contribution in [0.3, 0.4) is 0 Å². The molecule has 1 atom stereocenters. The number of nitrogens with zero attached hydrogens (tertiary/aromatic N) is 2. The molecule has 0 aromatic heterocycles. The second kappa shape index (κ2) is 7.16. The fourth-order valence-corrected chi connectivity index (χ4v) is 2.91. The molecule has 0 aliphatic carbocycles. The Morgan fingerprint density at radius 2 is 2.05 bits per heavy atom. The molecule has 3 nitrogen and oxygen atoms in total. The van der Waals surface area contributed by atoms with Gasteiger partial charge < -0.3 is 10.6 Å². The van der Waals surface area contributed by atoms with E-state index in [0.29, 0.717) is 12.1 Å². The number of likely N-dealkylation sites (N-methyl/N-ethyl adjacent to an activating group) is 1. The molecule has 20 heavy (non-hydrogen) atoms. The maximum atomic E-state index is 13.4. The summed E-state index contributed by atoms with van der Waals surface area (Å²) in [4.78, 5) is 4.78. The predicted octanol–water partition coefficient (Wildman–Crippen LogP) is 2.16. The molecule has 2 rings (SSSR count). The molecule has 4 heteroatoms. The third-order valence-electron chi connectivity index (χ3n) is 4.29. The summed E-state index contributed by atoms with van der Waals surface area (Å²) in [6, 6.07) is 5.48. The fraction of sp³-hybridized carbons (Fsp3) is 0.625. The van der Waals surface area contributed by atoms with E-state index < -0.39 is 0 Å². The number of aryl methyl sites for hydroxylation is 1. The van der Waals surface area contributed by atoms with Gasteiger partial charge in [0, 0.05) is 25.7 Å². The summed E-state index contributed by atoms with van der Waals surface area (Å²) in [5.41, 5.74) is 7.72. The normalized spacial score (nSPS) is 17.9. The molecule has 1 heterocycles. The van der Waals surface area contributed by atoms with E-state index in [4.69, 9.17) is 5.73 Å². The van der Waals surface area contributed by atoms with E-state index in [-0.39, 0.29) is 11.9 Å². The third kappa shape index (κ3) is 3.78. The molecule has 1 aromatic rings. The minimum Gasteiger partial charge on any atom is -0.329 e. The first-order valence-electron chi connectivity index (χ1n) is 7.50. The van der Waals surface area contributed by atoms with Gasteiger partial charge in [-0.2, -0.15) is 0 Å². The van der Waals surface area contributed by atoms with E-state index in [1.54, 1.807) is 13.0 Å². The zero-order valence-corrected chi connectivity index (χ0v) is 12.6. The van der Waals surface area contributed by atoms with Crippen molar-refractivity contribution in [1.29, 1.82) is 0 Å². The summed E-state index contributed by atoms with van der Waals surface area (Å²) in [5, 5.41) is 0. The van der Waals surface area contributed by atoms with Crippen molar-refractivity contribution in [1.82, 2.24) is 9.80 Å². The number of likely N-dealkylation sites (tertiary alicyclic amines) is 1. The van der Waals surface area contributed by atoms with Crippen LogP contribution in [0, 0.1) is 12.7 Å². The number of rotatable bonds is 6. The maximum absolute atomic E-state index is 13.4. The summed E-state index contributed by atoms with van der Waals surface area (Å²) in [7, 11) is 2.10. The number of hydrogen-bond donors (Lipinski definition) is 1. The van der Waals surface area contributed by atoms with Gasteiger partial charge in [-0.25, -0.2) is 4.39 Å². The monoisotopic (exact) mass is 279 g/mol. The Labute approximate surface area is 121 Å². The highest BCUT2D eigenvalue weighted by Gasteiger charge is 2.18. The predicted molar refractivity (Wildman–Crippen MR) is 81.2 cm³/mol. The Balaban J connectivity index is 1.96. The summed E-state index contributed by atoms with van der Waals surface area (Å²) in [5.74, 6) is -0.149. The maximum Gasteiger partial charge on any atom is 0.126 e. The quantitative estimate of drug-likeness (QED) is 0.866. The van der Waals surface area contributed by atoms with Gasteiger partial charge in [0.1, 0.15) is 5.82 Å². The van der Waals surface area contributed by atoms with Crippen molar-refractivity contribution in [3.05, 3.63) is 35.1 Å². The first kappa shape index (κ1) is 15.4. The average Bonchev–Trinajstić information content (AvgIpc) is 2.94. The SMILES string of the molecule is Cc1cc(C(CN)N(C)CCN2CCCC2)ccc1F. The number of halogens is 1. The Hall–Kier alpha value is -0.970. The van der Waals surface area contributed by atoms with Crippen molar-refractivity contribution in [3.63, 3.8) is 0 Å². The molecule has 1 aliphatic heterocycles. The van der Waals surface area contributed by atoms with Gasteiger partial charge in [0.2, 0.25) is 0 Å². The lowest BCUT2D eigenvalue weighted by atomic mass is 10.0. The van der Waals surface area contributed by atoms with E-state index in [9.17, 15) is 4.39 Å².